The number of carbonyl (C=O) groups excluding carboxylic acids is 2. The number of amides is 2. The fourth-order valence-electron chi connectivity index (χ4n) is 4.30. The second-order valence-electron chi connectivity index (χ2n) is 8.45. The van der Waals surface area contributed by atoms with Gasteiger partial charge in [-0.1, -0.05) is 31.9 Å². The zero-order valence-corrected chi connectivity index (χ0v) is 20.9. The number of aryl methyl sites for hydroxylation is 1. The Kier molecular flexibility index (Phi) is 7.86. The number of hydrogen-bond donors (Lipinski definition) is 1. The van der Waals surface area contributed by atoms with E-state index in [2.05, 4.69) is 6.92 Å². The summed E-state index contributed by atoms with van der Waals surface area (Å²) in [5, 5.41) is 0. The predicted molar refractivity (Wildman–Crippen MR) is 131 cm³/mol. The van der Waals surface area contributed by atoms with Gasteiger partial charge in [0.1, 0.15) is 9.84 Å². The lowest BCUT2D eigenvalue weighted by atomic mass is 9.97. The molecule has 3 rings (SSSR count). The highest BCUT2D eigenvalue weighted by Crippen LogP contribution is 2.39. The van der Waals surface area contributed by atoms with Gasteiger partial charge in [0, 0.05) is 11.9 Å². The second kappa shape index (κ2) is 10.5. The Morgan fingerprint density at radius 1 is 1.00 bits per heavy atom. The lowest BCUT2D eigenvalue weighted by molar-refractivity contribution is 0.0597. The molecule has 1 atom stereocenters. The van der Waals surface area contributed by atoms with E-state index in [-0.39, 0.29) is 16.8 Å². The van der Waals surface area contributed by atoms with Crippen molar-refractivity contribution < 1.29 is 27.5 Å². The highest BCUT2D eigenvalue weighted by molar-refractivity contribution is 7.90. The number of carbonyl (C=O) groups is 2. The van der Waals surface area contributed by atoms with Gasteiger partial charge in [0.25, 0.3) is 11.8 Å². The molecule has 2 aromatic rings. The molecule has 0 unspecified atom stereocenters. The van der Waals surface area contributed by atoms with Crippen LogP contribution in [0.25, 0.3) is 0 Å². The molecule has 9 heteroatoms. The van der Waals surface area contributed by atoms with Crippen molar-refractivity contribution in [2.75, 3.05) is 31.5 Å². The first-order chi connectivity index (χ1) is 16.1. The van der Waals surface area contributed by atoms with Gasteiger partial charge in [-0.05, 0) is 49.1 Å². The summed E-state index contributed by atoms with van der Waals surface area (Å²) in [6.07, 6.45) is 4.60. The number of imide groups is 1. The molecule has 34 heavy (non-hydrogen) atoms. The average Bonchev–Trinajstić information content (AvgIpc) is 3.04. The summed E-state index contributed by atoms with van der Waals surface area (Å²) in [6.45, 7) is 4.26. The molecule has 1 aliphatic rings. The molecular weight excluding hydrogens is 456 g/mol. The van der Waals surface area contributed by atoms with Crippen LogP contribution in [0.4, 0.5) is 5.69 Å². The second-order valence-corrected chi connectivity index (χ2v) is 10.6. The van der Waals surface area contributed by atoms with Crippen LogP contribution in [-0.4, -0.2) is 50.9 Å². The number of fused-ring (bicyclic) bond motifs is 1. The van der Waals surface area contributed by atoms with Gasteiger partial charge >= 0.3 is 0 Å². The lowest BCUT2D eigenvalue weighted by Gasteiger charge is -2.27. The van der Waals surface area contributed by atoms with Crippen molar-refractivity contribution in [1.29, 1.82) is 0 Å². The van der Waals surface area contributed by atoms with Crippen LogP contribution < -0.4 is 15.2 Å². The number of sulfone groups is 1. The molecule has 0 bridgehead atoms. The molecule has 1 heterocycles. The molecule has 0 saturated carbocycles. The quantitative estimate of drug-likeness (QED) is 0.291. The number of rotatable bonds is 11. The molecule has 0 radical (unpaired) electrons. The van der Waals surface area contributed by atoms with E-state index in [1.54, 1.807) is 30.3 Å². The van der Waals surface area contributed by atoms with Gasteiger partial charge in [-0.25, -0.2) is 8.42 Å². The molecule has 0 aliphatic carbocycles. The van der Waals surface area contributed by atoms with Crippen LogP contribution in [-0.2, 0) is 16.3 Å². The normalized spacial score (nSPS) is 14.3. The smallest absolute Gasteiger partial charge is 0.264 e. The Bertz CT molecular complexity index is 1190. The third kappa shape index (κ3) is 5.19. The van der Waals surface area contributed by atoms with Crippen molar-refractivity contribution in [2.45, 2.75) is 45.6 Å². The third-order valence-corrected chi connectivity index (χ3v) is 6.80. The summed E-state index contributed by atoms with van der Waals surface area (Å²) >= 11 is 0. The topological polar surface area (TPSA) is 116 Å². The molecule has 0 spiro atoms. The van der Waals surface area contributed by atoms with Crippen molar-refractivity contribution in [3.63, 3.8) is 0 Å². The van der Waals surface area contributed by atoms with Crippen LogP contribution in [0, 0.1) is 0 Å². The number of nitrogens with two attached hydrogens (primary N) is 1. The molecular formula is C25H32N2O6S. The van der Waals surface area contributed by atoms with Gasteiger partial charge in [0.05, 0.1) is 36.6 Å². The minimum atomic E-state index is -3.57. The first-order valence-electron chi connectivity index (χ1n) is 11.4. The Morgan fingerprint density at radius 2 is 1.71 bits per heavy atom. The zero-order valence-electron chi connectivity index (χ0n) is 20.1. The summed E-state index contributed by atoms with van der Waals surface area (Å²) in [5.74, 6) is -0.675. The zero-order chi connectivity index (χ0) is 25.0. The van der Waals surface area contributed by atoms with E-state index in [0.717, 1.165) is 36.0 Å². The third-order valence-electron chi connectivity index (χ3n) is 5.88. The van der Waals surface area contributed by atoms with Crippen LogP contribution in [0.2, 0.25) is 0 Å². The van der Waals surface area contributed by atoms with E-state index in [1.165, 1.54) is 7.11 Å². The summed E-state index contributed by atoms with van der Waals surface area (Å²) in [6, 6.07) is 7.28. The van der Waals surface area contributed by atoms with Crippen molar-refractivity contribution in [1.82, 2.24) is 4.90 Å². The van der Waals surface area contributed by atoms with Crippen LogP contribution in [0.3, 0.4) is 0 Å². The predicted octanol–water partition coefficient (Wildman–Crippen LogP) is 3.79. The van der Waals surface area contributed by atoms with Gasteiger partial charge in [0.2, 0.25) is 0 Å². The van der Waals surface area contributed by atoms with E-state index in [9.17, 15) is 18.0 Å². The van der Waals surface area contributed by atoms with Crippen LogP contribution in [0.1, 0.15) is 71.0 Å². The average molecular weight is 489 g/mol. The van der Waals surface area contributed by atoms with E-state index < -0.39 is 33.4 Å². The first kappa shape index (κ1) is 25.6. The number of anilines is 1. The first-order valence-corrected chi connectivity index (χ1v) is 13.5. The van der Waals surface area contributed by atoms with E-state index in [0.29, 0.717) is 30.1 Å². The number of unbranched alkanes of at least 4 members (excludes halogenated alkanes) is 2. The number of nitrogens with zero attached hydrogens (tertiary/aromatic N) is 1. The van der Waals surface area contributed by atoms with Crippen molar-refractivity contribution >= 4 is 27.3 Å². The minimum absolute atomic E-state index is 0.149. The molecule has 0 saturated heterocycles. The Balaban J connectivity index is 2.11. The van der Waals surface area contributed by atoms with Crippen molar-refractivity contribution in [3.05, 3.63) is 52.6 Å². The standard InChI is InChI=1S/C25H32N2O6S/c1-5-7-8-9-16-10-12-18(26)23-22(16)24(28)27(25(23)29)19(15-34(4,30)31)17-11-13-20(32-3)21(14-17)33-6-2/h10-14,19H,5-9,15,26H2,1-4H3/t19-/m1/s1. The highest BCUT2D eigenvalue weighted by Gasteiger charge is 2.44. The fourth-order valence-corrected chi connectivity index (χ4v) is 5.22. The Hall–Kier alpha value is -3.07. The van der Waals surface area contributed by atoms with Crippen LogP contribution in [0.5, 0.6) is 11.5 Å². The van der Waals surface area contributed by atoms with Gasteiger partial charge in [-0.3, -0.25) is 14.5 Å². The summed E-state index contributed by atoms with van der Waals surface area (Å²) < 4.78 is 35.7. The fraction of sp³-hybridized carbons (Fsp3) is 0.440. The number of ether oxygens (including phenoxy) is 2. The molecule has 184 valence electrons. The van der Waals surface area contributed by atoms with Crippen molar-refractivity contribution in [2.24, 2.45) is 0 Å². The Morgan fingerprint density at radius 3 is 2.32 bits per heavy atom. The maximum absolute atomic E-state index is 13.6. The molecule has 8 nitrogen and oxygen atoms in total. The minimum Gasteiger partial charge on any atom is -0.493 e. The van der Waals surface area contributed by atoms with E-state index in [1.807, 2.05) is 6.92 Å². The number of hydrogen-bond acceptors (Lipinski definition) is 7. The van der Waals surface area contributed by atoms with Crippen molar-refractivity contribution in [3.8, 4) is 11.5 Å². The molecule has 2 N–H and O–H groups in total. The summed E-state index contributed by atoms with van der Waals surface area (Å²) in [4.78, 5) is 28.2. The summed E-state index contributed by atoms with van der Waals surface area (Å²) in [7, 11) is -2.07. The maximum atomic E-state index is 13.6. The van der Waals surface area contributed by atoms with Gasteiger partial charge in [0.15, 0.2) is 11.5 Å². The van der Waals surface area contributed by atoms with Crippen LogP contribution in [0.15, 0.2) is 30.3 Å². The van der Waals surface area contributed by atoms with Gasteiger partial charge < -0.3 is 15.2 Å². The molecule has 0 fully saturated rings. The van der Waals surface area contributed by atoms with Gasteiger partial charge in [-0.2, -0.15) is 0 Å². The molecule has 0 aromatic heterocycles. The SMILES string of the molecule is CCCCCc1ccc(N)c2c1C(=O)N([C@H](CS(C)(=O)=O)c1ccc(OC)c(OCC)c1)C2=O. The number of methoxy groups -OCH3 is 1. The maximum Gasteiger partial charge on any atom is 0.264 e. The van der Waals surface area contributed by atoms with Crippen LogP contribution >= 0.6 is 0 Å². The molecule has 1 aliphatic heterocycles. The largest absolute Gasteiger partial charge is 0.493 e. The Labute approximate surface area is 201 Å². The monoisotopic (exact) mass is 488 g/mol. The van der Waals surface area contributed by atoms with E-state index in [4.69, 9.17) is 15.2 Å². The lowest BCUT2D eigenvalue weighted by Crippen LogP contribution is -2.38. The molecule has 2 amide bonds. The van der Waals surface area contributed by atoms with E-state index >= 15 is 0 Å². The highest BCUT2D eigenvalue weighted by atomic mass is 32.2. The number of nitrogen functional groups attached to an aromatic ring is 1. The van der Waals surface area contributed by atoms with Gasteiger partial charge in [-0.15, -0.1) is 0 Å². The molecule has 2 aromatic carbocycles. The summed E-state index contributed by atoms with van der Waals surface area (Å²) in [5.41, 5.74) is 7.96. The number of benzene rings is 2.